The number of benzene rings is 1. The van der Waals surface area contributed by atoms with E-state index in [2.05, 4.69) is 21.3 Å². The summed E-state index contributed by atoms with van der Waals surface area (Å²) in [4.78, 5) is 19.3. The van der Waals surface area contributed by atoms with Gasteiger partial charge in [-0.05, 0) is 49.9 Å². The number of aromatic nitrogens is 1. The van der Waals surface area contributed by atoms with Crippen molar-refractivity contribution in [1.82, 2.24) is 15.2 Å². The van der Waals surface area contributed by atoms with Crippen LogP contribution in [0.2, 0.25) is 0 Å². The van der Waals surface area contributed by atoms with E-state index in [0.29, 0.717) is 12.3 Å². The van der Waals surface area contributed by atoms with Crippen LogP contribution in [-0.4, -0.2) is 42.0 Å². The maximum absolute atomic E-state index is 12.5. The molecule has 3 heterocycles. The fourth-order valence-electron chi connectivity index (χ4n) is 3.87. The number of rotatable bonds is 3. The fraction of sp³-hybridized carbons (Fsp3) is 0.556. The van der Waals surface area contributed by atoms with Crippen LogP contribution in [0, 0.1) is 11.8 Å². The summed E-state index contributed by atoms with van der Waals surface area (Å²) in [5, 5.41) is 4.56. The average Bonchev–Trinajstić information content (AvgIpc) is 3.14. The van der Waals surface area contributed by atoms with Crippen molar-refractivity contribution in [2.75, 3.05) is 26.2 Å². The van der Waals surface area contributed by atoms with Crippen LogP contribution in [0.25, 0.3) is 10.2 Å². The molecule has 2 atom stereocenters. The second kappa shape index (κ2) is 6.57. The van der Waals surface area contributed by atoms with Gasteiger partial charge in [0.1, 0.15) is 0 Å². The summed E-state index contributed by atoms with van der Waals surface area (Å²) in [6.07, 6.45) is 3.67. The van der Waals surface area contributed by atoms with Crippen LogP contribution in [0.4, 0.5) is 0 Å². The molecule has 2 aromatic rings. The molecule has 4 rings (SSSR count). The van der Waals surface area contributed by atoms with E-state index in [1.165, 1.54) is 4.70 Å². The Hall–Kier alpha value is -1.46. The van der Waals surface area contributed by atoms with Gasteiger partial charge in [-0.3, -0.25) is 4.79 Å². The van der Waals surface area contributed by atoms with Gasteiger partial charge in [0.2, 0.25) is 5.91 Å². The van der Waals surface area contributed by atoms with Crippen LogP contribution >= 0.6 is 11.3 Å². The summed E-state index contributed by atoms with van der Waals surface area (Å²) in [7, 11) is 0. The van der Waals surface area contributed by atoms with Crippen molar-refractivity contribution in [1.29, 1.82) is 0 Å². The number of hydrogen-bond acceptors (Lipinski definition) is 4. The van der Waals surface area contributed by atoms with Crippen molar-refractivity contribution in [3.8, 4) is 0 Å². The van der Waals surface area contributed by atoms with Gasteiger partial charge in [-0.15, -0.1) is 11.3 Å². The number of para-hydroxylation sites is 1. The SMILES string of the molecule is O=C(CCc1nc2ccccc2s1)N1CC[C@@H]2CNC[C@@H]2CC1. The minimum atomic E-state index is 0.303. The van der Waals surface area contributed by atoms with Crippen molar-refractivity contribution in [2.24, 2.45) is 11.8 Å². The molecule has 122 valence electrons. The second-order valence-electron chi connectivity index (χ2n) is 6.71. The van der Waals surface area contributed by atoms with Gasteiger partial charge in [-0.1, -0.05) is 12.1 Å². The van der Waals surface area contributed by atoms with Gasteiger partial charge in [0.05, 0.1) is 15.2 Å². The Morgan fingerprint density at radius 3 is 2.70 bits per heavy atom. The number of hydrogen-bond donors (Lipinski definition) is 1. The molecule has 0 bridgehead atoms. The van der Waals surface area contributed by atoms with Gasteiger partial charge in [0, 0.05) is 25.9 Å². The number of aryl methyl sites for hydroxylation is 1. The Labute approximate surface area is 140 Å². The largest absolute Gasteiger partial charge is 0.343 e. The molecule has 5 heteroatoms. The molecule has 0 saturated carbocycles. The predicted octanol–water partition coefficient (Wildman–Crippen LogP) is 2.69. The van der Waals surface area contributed by atoms with Gasteiger partial charge >= 0.3 is 0 Å². The highest BCUT2D eigenvalue weighted by molar-refractivity contribution is 7.18. The molecule has 2 fully saturated rings. The quantitative estimate of drug-likeness (QED) is 0.942. The van der Waals surface area contributed by atoms with E-state index in [0.717, 1.165) is 67.8 Å². The highest BCUT2D eigenvalue weighted by Gasteiger charge is 2.31. The summed E-state index contributed by atoms with van der Waals surface area (Å²) in [6.45, 7) is 4.14. The number of amides is 1. The first-order chi connectivity index (χ1) is 11.3. The third kappa shape index (κ3) is 3.26. The lowest BCUT2D eigenvalue weighted by Crippen LogP contribution is -2.32. The molecule has 2 aliphatic heterocycles. The average molecular weight is 329 g/mol. The molecule has 23 heavy (non-hydrogen) atoms. The van der Waals surface area contributed by atoms with Crippen LogP contribution in [0.3, 0.4) is 0 Å². The summed E-state index contributed by atoms with van der Waals surface area (Å²) in [5.41, 5.74) is 1.05. The summed E-state index contributed by atoms with van der Waals surface area (Å²) in [6, 6.07) is 8.19. The summed E-state index contributed by atoms with van der Waals surface area (Å²) in [5.74, 6) is 1.85. The molecule has 1 aromatic heterocycles. The molecule has 0 spiro atoms. The third-order valence-corrected chi connectivity index (χ3v) is 6.36. The Balaban J connectivity index is 1.34. The molecule has 2 saturated heterocycles. The molecule has 0 aliphatic carbocycles. The monoisotopic (exact) mass is 329 g/mol. The van der Waals surface area contributed by atoms with E-state index < -0.39 is 0 Å². The second-order valence-corrected chi connectivity index (χ2v) is 7.83. The summed E-state index contributed by atoms with van der Waals surface area (Å²) >= 11 is 1.71. The molecule has 1 N–H and O–H groups in total. The molecular weight excluding hydrogens is 306 g/mol. The minimum Gasteiger partial charge on any atom is -0.343 e. The van der Waals surface area contributed by atoms with Crippen LogP contribution in [0.5, 0.6) is 0 Å². The maximum Gasteiger partial charge on any atom is 0.222 e. The molecule has 2 aliphatic rings. The van der Waals surface area contributed by atoms with Crippen LogP contribution in [0.15, 0.2) is 24.3 Å². The number of nitrogens with one attached hydrogen (secondary N) is 1. The molecule has 1 amide bonds. The number of likely N-dealkylation sites (tertiary alicyclic amines) is 1. The Bertz CT molecular complexity index is 651. The lowest BCUT2D eigenvalue weighted by atomic mass is 9.92. The Morgan fingerprint density at radius 1 is 1.22 bits per heavy atom. The number of thiazole rings is 1. The normalized spacial score (nSPS) is 24.6. The third-order valence-electron chi connectivity index (χ3n) is 5.26. The zero-order chi connectivity index (χ0) is 15.6. The van der Waals surface area contributed by atoms with Crippen LogP contribution in [0.1, 0.15) is 24.3 Å². The van der Waals surface area contributed by atoms with E-state index in [-0.39, 0.29) is 0 Å². The van der Waals surface area contributed by atoms with Crippen molar-refractivity contribution in [3.63, 3.8) is 0 Å². The number of nitrogens with zero attached hydrogens (tertiary/aromatic N) is 2. The highest BCUT2D eigenvalue weighted by Crippen LogP contribution is 2.28. The standard InChI is InChI=1S/C18H23N3OS/c22-18(21-9-7-13-11-19-12-14(13)8-10-21)6-5-17-20-15-3-1-2-4-16(15)23-17/h1-4,13-14,19H,5-12H2/t13-,14+. The van der Waals surface area contributed by atoms with E-state index >= 15 is 0 Å². The predicted molar refractivity (Wildman–Crippen MR) is 93.6 cm³/mol. The van der Waals surface area contributed by atoms with Crippen molar-refractivity contribution >= 4 is 27.5 Å². The van der Waals surface area contributed by atoms with E-state index in [9.17, 15) is 4.79 Å². The van der Waals surface area contributed by atoms with Crippen molar-refractivity contribution in [3.05, 3.63) is 29.3 Å². The lowest BCUT2D eigenvalue weighted by molar-refractivity contribution is -0.131. The van der Waals surface area contributed by atoms with E-state index in [1.807, 2.05) is 18.2 Å². The molecular formula is C18H23N3OS. The minimum absolute atomic E-state index is 0.303. The Morgan fingerprint density at radius 2 is 1.96 bits per heavy atom. The van der Waals surface area contributed by atoms with Crippen molar-refractivity contribution < 1.29 is 4.79 Å². The van der Waals surface area contributed by atoms with Gasteiger partial charge < -0.3 is 10.2 Å². The molecule has 4 nitrogen and oxygen atoms in total. The first kappa shape index (κ1) is 15.1. The molecule has 0 unspecified atom stereocenters. The maximum atomic E-state index is 12.5. The highest BCUT2D eigenvalue weighted by atomic mass is 32.1. The molecule has 0 radical (unpaired) electrons. The molecule has 1 aromatic carbocycles. The zero-order valence-corrected chi connectivity index (χ0v) is 14.1. The van der Waals surface area contributed by atoms with E-state index in [4.69, 9.17) is 0 Å². The van der Waals surface area contributed by atoms with Crippen LogP contribution in [-0.2, 0) is 11.2 Å². The van der Waals surface area contributed by atoms with Gasteiger partial charge in [-0.25, -0.2) is 4.98 Å². The number of carbonyl (C=O) groups excluding carboxylic acids is 1. The first-order valence-electron chi connectivity index (χ1n) is 8.62. The summed E-state index contributed by atoms with van der Waals surface area (Å²) < 4.78 is 1.21. The van der Waals surface area contributed by atoms with Gasteiger partial charge in [-0.2, -0.15) is 0 Å². The van der Waals surface area contributed by atoms with Crippen molar-refractivity contribution in [2.45, 2.75) is 25.7 Å². The topological polar surface area (TPSA) is 45.2 Å². The lowest BCUT2D eigenvalue weighted by Gasteiger charge is -2.20. The van der Waals surface area contributed by atoms with E-state index in [1.54, 1.807) is 11.3 Å². The van der Waals surface area contributed by atoms with Crippen LogP contribution < -0.4 is 5.32 Å². The fourth-order valence-corrected chi connectivity index (χ4v) is 4.83. The smallest absolute Gasteiger partial charge is 0.222 e. The number of carbonyl (C=O) groups is 1. The Kier molecular flexibility index (Phi) is 4.31. The van der Waals surface area contributed by atoms with Gasteiger partial charge in [0.15, 0.2) is 0 Å². The van der Waals surface area contributed by atoms with Gasteiger partial charge in [0.25, 0.3) is 0 Å². The zero-order valence-electron chi connectivity index (χ0n) is 13.3. The first-order valence-corrected chi connectivity index (χ1v) is 9.44. The number of fused-ring (bicyclic) bond motifs is 2.